The van der Waals surface area contributed by atoms with Gasteiger partial charge in [0, 0.05) is 54.5 Å². The number of likely N-dealkylation sites (tertiary alicyclic amines) is 1. The molecule has 2 aromatic carbocycles. The van der Waals surface area contributed by atoms with E-state index in [1.807, 2.05) is 24.5 Å². The molecular weight excluding hydrogens is 298 g/mol. The van der Waals surface area contributed by atoms with Gasteiger partial charge in [-0.1, -0.05) is 24.3 Å². The van der Waals surface area contributed by atoms with Crippen molar-refractivity contribution in [1.29, 1.82) is 0 Å². The van der Waals surface area contributed by atoms with Crippen molar-refractivity contribution < 1.29 is 5.11 Å². The lowest BCUT2D eigenvalue weighted by molar-refractivity contribution is 0.328. The van der Waals surface area contributed by atoms with Crippen LogP contribution in [0.5, 0.6) is 5.75 Å². The molecule has 2 heterocycles. The lowest BCUT2D eigenvalue weighted by Gasteiger charge is -2.18. The Morgan fingerprint density at radius 3 is 3.00 bits per heavy atom. The van der Waals surface area contributed by atoms with Crippen LogP contribution in [0.15, 0.2) is 60.9 Å². The molecule has 1 fully saturated rings. The Morgan fingerprint density at radius 2 is 2.08 bits per heavy atom. The van der Waals surface area contributed by atoms with Gasteiger partial charge in [-0.2, -0.15) is 0 Å². The molecule has 0 radical (unpaired) electrons. The summed E-state index contributed by atoms with van der Waals surface area (Å²) in [6, 6.07) is 16.4. The van der Waals surface area contributed by atoms with Gasteiger partial charge in [0.15, 0.2) is 0 Å². The average Bonchev–Trinajstić information content (AvgIpc) is 3.02. The Kier molecular flexibility index (Phi) is 4.05. The first kappa shape index (κ1) is 15.0. The molecule has 4 heteroatoms. The van der Waals surface area contributed by atoms with E-state index < -0.39 is 0 Å². The number of benzene rings is 2. The van der Waals surface area contributed by atoms with Gasteiger partial charge in [0.2, 0.25) is 0 Å². The topological polar surface area (TPSA) is 48.4 Å². The minimum absolute atomic E-state index is 0.339. The van der Waals surface area contributed by atoms with E-state index in [1.165, 1.54) is 11.1 Å². The number of rotatable bonds is 4. The molecule has 0 saturated carbocycles. The van der Waals surface area contributed by atoms with Gasteiger partial charge in [-0.3, -0.25) is 9.88 Å². The maximum atomic E-state index is 9.60. The Balaban J connectivity index is 1.43. The molecule has 1 unspecified atom stereocenters. The normalized spacial score (nSPS) is 18.1. The quantitative estimate of drug-likeness (QED) is 0.771. The minimum atomic E-state index is 0.339. The fourth-order valence-corrected chi connectivity index (χ4v) is 3.48. The van der Waals surface area contributed by atoms with Gasteiger partial charge in [-0.05, 0) is 36.2 Å². The van der Waals surface area contributed by atoms with E-state index in [0.717, 1.165) is 37.0 Å². The zero-order valence-electron chi connectivity index (χ0n) is 13.5. The second-order valence-electron chi connectivity index (χ2n) is 6.44. The summed E-state index contributed by atoms with van der Waals surface area (Å²) >= 11 is 0. The molecule has 3 aromatic rings. The third kappa shape index (κ3) is 3.19. The second-order valence-corrected chi connectivity index (χ2v) is 6.44. The molecule has 0 aliphatic carbocycles. The zero-order valence-corrected chi connectivity index (χ0v) is 13.5. The highest BCUT2D eigenvalue weighted by Gasteiger charge is 2.22. The molecular formula is C20H21N3O. The number of fused-ring (bicyclic) bond motifs is 1. The highest BCUT2D eigenvalue weighted by atomic mass is 16.3. The van der Waals surface area contributed by atoms with Gasteiger partial charge in [-0.25, -0.2) is 0 Å². The third-order valence-corrected chi connectivity index (χ3v) is 4.63. The number of pyridine rings is 1. The maximum absolute atomic E-state index is 9.60. The Morgan fingerprint density at radius 1 is 1.17 bits per heavy atom. The average molecular weight is 319 g/mol. The first-order valence-electron chi connectivity index (χ1n) is 8.37. The molecule has 1 aromatic heterocycles. The number of hydrogen-bond donors (Lipinski definition) is 2. The molecule has 0 spiro atoms. The summed E-state index contributed by atoms with van der Waals surface area (Å²) in [5, 5.41) is 15.7. The highest BCUT2D eigenvalue weighted by Crippen LogP contribution is 2.25. The molecule has 1 aliphatic rings. The van der Waals surface area contributed by atoms with Gasteiger partial charge >= 0.3 is 0 Å². The Labute approximate surface area is 141 Å². The Hall–Kier alpha value is -2.59. The molecule has 24 heavy (non-hydrogen) atoms. The lowest BCUT2D eigenvalue weighted by Crippen LogP contribution is -2.26. The van der Waals surface area contributed by atoms with Crippen LogP contribution in [0.2, 0.25) is 0 Å². The first-order chi connectivity index (χ1) is 11.8. The number of phenolic OH excluding ortho intramolecular Hbond substituents is 1. The summed E-state index contributed by atoms with van der Waals surface area (Å²) in [6.07, 6.45) is 4.87. The van der Waals surface area contributed by atoms with Crippen LogP contribution in [0.25, 0.3) is 10.8 Å². The summed E-state index contributed by atoms with van der Waals surface area (Å²) in [4.78, 5) is 6.63. The van der Waals surface area contributed by atoms with Crippen molar-refractivity contribution in [2.24, 2.45) is 0 Å². The summed E-state index contributed by atoms with van der Waals surface area (Å²) < 4.78 is 0. The molecule has 1 aliphatic heterocycles. The molecule has 2 N–H and O–H groups in total. The van der Waals surface area contributed by atoms with Gasteiger partial charge < -0.3 is 10.4 Å². The highest BCUT2D eigenvalue weighted by molar-refractivity contribution is 5.93. The van der Waals surface area contributed by atoms with Crippen LogP contribution in [-0.2, 0) is 6.54 Å². The van der Waals surface area contributed by atoms with Crippen LogP contribution in [0, 0.1) is 0 Å². The monoisotopic (exact) mass is 319 g/mol. The molecule has 4 rings (SSSR count). The maximum Gasteiger partial charge on any atom is 0.115 e. The summed E-state index contributed by atoms with van der Waals surface area (Å²) in [5.41, 5.74) is 2.34. The number of nitrogens with zero attached hydrogens (tertiary/aromatic N) is 2. The minimum Gasteiger partial charge on any atom is -0.508 e. The largest absolute Gasteiger partial charge is 0.508 e. The number of phenols is 1. The fraction of sp³-hybridized carbons (Fsp3) is 0.250. The lowest BCUT2D eigenvalue weighted by atomic mass is 10.1. The number of aromatic hydroxyl groups is 1. The van der Waals surface area contributed by atoms with Gasteiger partial charge in [0.25, 0.3) is 0 Å². The van der Waals surface area contributed by atoms with E-state index in [0.29, 0.717) is 11.8 Å². The van der Waals surface area contributed by atoms with Crippen LogP contribution in [0.3, 0.4) is 0 Å². The smallest absolute Gasteiger partial charge is 0.115 e. The van der Waals surface area contributed by atoms with Crippen LogP contribution in [0.1, 0.15) is 12.0 Å². The van der Waals surface area contributed by atoms with E-state index >= 15 is 0 Å². The summed E-state index contributed by atoms with van der Waals surface area (Å²) in [5.74, 6) is 0.339. The van der Waals surface area contributed by atoms with Crippen LogP contribution in [0.4, 0.5) is 5.69 Å². The predicted molar refractivity (Wildman–Crippen MR) is 97.2 cm³/mol. The predicted octanol–water partition coefficient (Wildman–Crippen LogP) is 3.63. The van der Waals surface area contributed by atoms with Crippen molar-refractivity contribution >= 4 is 16.5 Å². The number of nitrogens with one attached hydrogen (secondary N) is 1. The van der Waals surface area contributed by atoms with E-state index in [4.69, 9.17) is 0 Å². The Bertz CT molecular complexity index is 844. The first-order valence-corrected chi connectivity index (χ1v) is 8.37. The summed E-state index contributed by atoms with van der Waals surface area (Å²) in [6.45, 7) is 2.96. The van der Waals surface area contributed by atoms with Crippen molar-refractivity contribution in [3.05, 3.63) is 66.5 Å². The van der Waals surface area contributed by atoms with Crippen molar-refractivity contribution in [2.45, 2.75) is 19.0 Å². The van der Waals surface area contributed by atoms with Crippen molar-refractivity contribution in [3.63, 3.8) is 0 Å². The van der Waals surface area contributed by atoms with Crippen LogP contribution in [-0.4, -0.2) is 34.1 Å². The van der Waals surface area contributed by atoms with E-state index in [-0.39, 0.29) is 0 Å². The van der Waals surface area contributed by atoms with E-state index in [2.05, 4.69) is 45.5 Å². The van der Waals surface area contributed by atoms with Gasteiger partial charge in [0.05, 0.1) is 0 Å². The molecule has 4 nitrogen and oxygen atoms in total. The fourth-order valence-electron chi connectivity index (χ4n) is 3.48. The van der Waals surface area contributed by atoms with Gasteiger partial charge in [0.1, 0.15) is 5.75 Å². The number of aromatic nitrogens is 1. The zero-order chi connectivity index (χ0) is 16.4. The molecule has 1 atom stereocenters. The number of hydrogen-bond acceptors (Lipinski definition) is 4. The molecule has 122 valence electrons. The van der Waals surface area contributed by atoms with E-state index in [1.54, 1.807) is 6.07 Å². The third-order valence-electron chi connectivity index (χ3n) is 4.63. The number of anilines is 1. The van der Waals surface area contributed by atoms with Crippen molar-refractivity contribution in [3.8, 4) is 5.75 Å². The van der Waals surface area contributed by atoms with Gasteiger partial charge in [-0.15, -0.1) is 0 Å². The summed E-state index contributed by atoms with van der Waals surface area (Å²) in [7, 11) is 0. The van der Waals surface area contributed by atoms with Crippen molar-refractivity contribution in [2.75, 3.05) is 18.4 Å². The van der Waals surface area contributed by atoms with Crippen LogP contribution < -0.4 is 5.32 Å². The molecule has 0 bridgehead atoms. The second kappa shape index (κ2) is 6.49. The molecule has 1 saturated heterocycles. The van der Waals surface area contributed by atoms with Crippen LogP contribution >= 0.6 is 0 Å². The van der Waals surface area contributed by atoms with Crippen molar-refractivity contribution in [1.82, 2.24) is 9.88 Å². The SMILES string of the molecule is Oc1cccc(CN2CCC(Nc3cccc4cnccc34)C2)c1. The van der Waals surface area contributed by atoms with E-state index in [9.17, 15) is 5.11 Å². The molecule has 0 amide bonds. The standard InChI is InChI=1S/C20H21N3O/c24-18-5-1-3-15(11-18)13-23-10-8-17(14-23)22-20-6-2-4-16-12-21-9-7-19(16)20/h1-7,9,11-12,17,22,24H,8,10,13-14H2.